The largest absolute Gasteiger partial charge is 0.494 e. The molecule has 32 heavy (non-hydrogen) atoms. The van der Waals surface area contributed by atoms with E-state index < -0.39 is 11.5 Å². The number of pyridine rings is 1. The lowest BCUT2D eigenvalue weighted by molar-refractivity contribution is -0.120. The van der Waals surface area contributed by atoms with Gasteiger partial charge in [-0.3, -0.25) is 9.59 Å². The van der Waals surface area contributed by atoms with Gasteiger partial charge in [0.05, 0.1) is 28.9 Å². The summed E-state index contributed by atoms with van der Waals surface area (Å²) >= 11 is 6.25. The van der Waals surface area contributed by atoms with E-state index in [1.54, 1.807) is 48.5 Å². The molecule has 0 aliphatic heterocycles. The highest BCUT2D eigenvalue weighted by molar-refractivity contribution is 6.32. The number of para-hydroxylation sites is 1. The summed E-state index contributed by atoms with van der Waals surface area (Å²) in [4.78, 5) is 25.2. The van der Waals surface area contributed by atoms with Crippen LogP contribution in [0.3, 0.4) is 0 Å². The predicted molar refractivity (Wildman–Crippen MR) is 122 cm³/mol. The van der Waals surface area contributed by atoms with Gasteiger partial charge in [-0.25, -0.2) is 14.4 Å². The zero-order valence-electron chi connectivity index (χ0n) is 16.6. The molecule has 0 saturated carbocycles. The van der Waals surface area contributed by atoms with Gasteiger partial charge in [0.15, 0.2) is 0 Å². The number of hydrogen-bond donors (Lipinski definition) is 2. The quantitative estimate of drug-likeness (QED) is 0.354. The average Bonchev–Trinajstić information content (AvgIpc) is 2.79. The number of aromatic nitrogens is 1. The van der Waals surface area contributed by atoms with Crippen molar-refractivity contribution >= 4 is 34.5 Å². The molecule has 4 aromatic rings. The van der Waals surface area contributed by atoms with Gasteiger partial charge in [-0.05, 0) is 35.9 Å². The second kappa shape index (κ2) is 9.03. The van der Waals surface area contributed by atoms with E-state index in [0.29, 0.717) is 22.0 Å². The Kier molecular flexibility index (Phi) is 6.00. The molecule has 0 radical (unpaired) electrons. The van der Waals surface area contributed by atoms with E-state index in [1.165, 1.54) is 30.5 Å². The van der Waals surface area contributed by atoms with E-state index in [-0.39, 0.29) is 28.7 Å². The van der Waals surface area contributed by atoms with Crippen molar-refractivity contribution in [1.82, 2.24) is 9.99 Å². The summed E-state index contributed by atoms with van der Waals surface area (Å²) < 4.78 is 14.1. The van der Waals surface area contributed by atoms with Crippen molar-refractivity contribution in [3.05, 3.63) is 105 Å². The van der Waals surface area contributed by atoms with Crippen LogP contribution >= 0.6 is 11.6 Å². The van der Waals surface area contributed by atoms with Crippen molar-refractivity contribution in [2.45, 2.75) is 6.42 Å². The summed E-state index contributed by atoms with van der Waals surface area (Å²) in [5.74, 6) is -1.17. The maximum Gasteiger partial charge on any atom is 0.265 e. The lowest BCUT2D eigenvalue weighted by atomic mass is 10.1. The fourth-order valence-corrected chi connectivity index (χ4v) is 3.56. The number of rotatable bonds is 5. The van der Waals surface area contributed by atoms with E-state index in [1.807, 2.05) is 0 Å². The summed E-state index contributed by atoms with van der Waals surface area (Å²) in [5, 5.41) is 16.0. The standard InChI is InChI=1S/C24H17ClFN3O3/c25-20-7-3-4-8-21(20)29-23(31)18-6-2-1-5-17(18)19(24(29)32)14-27-28-22(30)13-15-9-11-16(26)12-10-15/h1-12,14,32H,13H2,(H,28,30). The summed E-state index contributed by atoms with van der Waals surface area (Å²) in [6.07, 6.45) is 1.27. The van der Waals surface area contributed by atoms with Gasteiger partial charge >= 0.3 is 0 Å². The Morgan fingerprint density at radius 3 is 2.41 bits per heavy atom. The first-order chi connectivity index (χ1) is 15.5. The van der Waals surface area contributed by atoms with Crippen LogP contribution in [0.5, 0.6) is 5.88 Å². The molecule has 160 valence electrons. The Morgan fingerprint density at radius 2 is 1.69 bits per heavy atom. The number of carbonyl (C=O) groups excluding carboxylic acids is 1. The smallest absolute Gasteiger partial charge is 0.265 e. The molecule has 4 rings (SSSR count). The molecule has 0 saturated heterocycles. The lowest BCUT2D eigenvalue weighted by Crippen LogP contribution is -2.22. The number of fused-ring (bicyclic) bond motifs is 1. The minimum Gasteiger partial charge on any atom is -0.494 e. The molecule has 6 nitrogen and oxygen atoms in total. The predicted octanol–water partition coefficient (Wildman–Crippen LogP) is 4.18. The minimum absolute atomic E-state index is 0.00344. The third-order valence-electron chi connectivity index (χ3n) is 4.86. The van der Waals surface area contributed by atoms with Crippen molar-refractivity contribution in [3.63, 3.8) is 0 Å². The fraction of sp³-hybridized carbons (Fsp3) is 0.0417. The number of nitrogens with zero attached hydrogens (tertiary/aromatic N) is 2. The number of carbonyl (C=O) groups is 1. The maximum atomic E-state index is 13.1. The molecule has 1 heterocycles. The van der Waals surface area contributed by atoms with E-state index in [0.717, 1.165) is 4.57 Å². The van der Waals surface area contributed by atoms with Crippen LogP contribution in [-0.4, -0.2) is 21.8 Å². The second-order valence-electron chi connectivity index (χ2n) is 6.97. The van der Waals surface area contributed by atoms with E-state index >= 15 is 0 Å². The van der Waals surface area contributed by atoms with Crippen molar-refractivity contribution in [2.75, 3.05) is 0 Å². The fourth-order valence-electron chi connectivity index (χ4n) is 3.34. The second-order valence-corrected chi connectivity index (χ2v) is 7.38. The molecule has 2 N–H and O–H groups in total. The topological polar surface area (TPSA) is 83.7 Å². The number of halogens is 2. The van der Waals surface area contributed by atoms with Gasteiger partial charge in [0.2, 0.25) is 11.8 Å². The molecular formula is C24H17ClFN3O3. The van der Waals surface area contributed by atoms with Crippen molar-refractivity contribution in [2.24, 2.45) is 5.10 Å². The van der Waals surface area contributed by atoms with Crippen molar-refractivity contribution in [3.8, 4) is 11.6 Å². The molecular weight excluding hydrogens is 433 g/mol. The monoisotopic (exact) mass is 449 g/mol. The van der Waals surface area contributed by atoms with Crippen molar-refractivity contribution < 1.29 is 14.3 Å². The maximum absolute atomic E-state index is 13.1. The minimum atomic E-state index is -0.441. The molecule has 0 bridgehead atoms. The van der Waals surface area contributed by atoms with Gasteiger partial charge in [0.25, 0.3) is 5.56 Å². The number of amides is 1. The SMILES string of the molecule is O=C(Cc1ccc(F)cc1)NN=Cc1c(O)n(-c2ccccc2Cl)c(=O)c2ccccc12. The Morgan fingerprint density at radius 1 is 1.03 bits per heavy atom. The Bertz CT molecular complexity index is 1400. The van der Waals surface area contributed by atoms with Gasteiger partial charge in [0.1, 0.15) is 5.82 Å². The zero-order chi connectivity index (χ0) is 22.7. The summed E-state index contributed by atoms with van der Waals surface area (Å²) in [6, 6.07) is 19.0. The van der Waals surface area contributed by atoms with E-state index in [9.17, 15) is 19.1 Å². The van der Waals surface area contributed by atoms with Crippen LogP contribution in [0.4, 0.5) is 4.39 Å². The van der Waals surface area contributed by atoms with Crippen LogP contribution in [0.15, 0.2) is 82.7 Å². The third kappa shape index (κ3) is 4.24. The zero-order valence-corrected chi connectivity index (χ0v) is 17.4. The van der Waals surface area contributed by atoms with Crippen LogP contribution in [0.1, 0.15) is 11.1 Å². The highest BCUT2D eigenvalue weighted by Crippen LogP contribution is 2.28. The Labute approximate surface area is 187 Å². The summed E-state index contributed by atoms with van der Waals surface area (Å²) in [7, 11) is 0. The molecule has 3 aromatic carbocycles. The Hall–Kier alpha value is -3.97. The van der Waals surface area contributed by atoms with E-state index in [4.69, 9.17) is 11.6 Å². The Balaban J connectivity index is 1.70. The number of hydrogen-bond acceptors (Lipinski definition) is 4. The molecule has 0 spiro atoms. The molecule has 8 heteroatoms. The van der Waals surface area contributed by atoms with Crippen LogP contribution < -0.4 is 11.0 Å². The van der Waals surface area contributed by atoms with Gasteiger partial charge in [-0.15, -0.1) is 0 Å². The number of benzene rings is 3. The van der Waals surface area contributed by atoms with Gasteiger partial charge < -0.3 is 5.11 Å². The first-order valence-electron chi connectivity index (χ1n) is 9.63. The highest BCUT2D eigenvalue weighted by atomic mass is 35.5. The normalized spacial score (nSPS) is 11.2. The lowest BCUT2D eigenvalue weighted by Gasteiger charge is -2.14. The van der Waals surface area contributed by atoms with Gasteiger partial charge in [-0.1, -0.05) is 54.1 Å². The average molecular weight is 450 g/mol. The first kappa shape index (κ1) is 21.3. The molecule has 1 aromatic heterocycles. The first-order valence-corrected chi connectivity index (χ1v) is 10.0. The van der Waals surface area contributed by atoms with Crippen LogP contribution in [0, 0.1) is 5.82 Å². The van der Waals surface area contributed by atoms with Gasteiger partial charge in [-0.2, -0.15) is 5.10 Å². The third-order valence-corrected chi connectivity index (χ3v) is 5.18. The van der Waals surface area contributed by atoms with Crippen LogP contribution in [0.25, 0.3) is 16.5 Å². The number of nitrogens with one attached hydrogen (secondary N) is 1. The molecule has 0 atom stereocenters. The summed E-state index contributed by atoms with van der Waals surface area (Å²) in [6.45, 7) is 0. The van der Waals surface area contributed by atoms with Gasteiger partial charge in [0, 0.05) is 10.8 Å². The molecule has 0 aliphatic carbocycles. The summed E-state index contributed by atoms with van der Waals surface area (Å²) in [5.41, 5.74) is 3.12. The number of aromatic hydroxyl groups is 1. The molecule has 0 aliphatic rings. The van der Waals surface area contributed by atoms with E-state index in [2.05, 4.69) is 10.5 Å². The van der Waals surface area contributed by atoms with Crippen molar-refractivity contribution in [1.29, 1.82) is 0 Å². The molecule has 0 unspecified atom stereocenters. The molecule has 1 amide bonds. The van der Waals surface area contributed by atoms with Crippen LogP contribution in [-0.2, 0) is 11.2 Å². The number of hydrazone groups is 1. The van der Waals surface area contributed by atoms with Crippen LogP contribution in [0.2, 0.25) is 5.02 Å². The highest BCUT2D eigenvalue weighted by Gasteiger charge is 2.17. The molecule has 0 fully saturated rings.